The molecule has 0 saturated carbocycles. The molecule has 2 N–H and O–H groups in total. The van der Waals surface area contributed by atoms with E-state index in [2.05, 4.69) is 10.6 Å². The van der Waals surface area contributed by atoms with Gasteiger partial charge >= 0.3 is 0 Å². The number of rotatable bonds is 9. The SMILES string of the molecule is COCCCNC(=O)c1c(NC(=O)Cc2ccccc2OC)sc2c1CCCC2. The first-order valence-corrected chi connectivity index (χ1v) is 10.8. The van der Waals surface area contributed by atoms with Gasteiger partial charge < -0.3 is 20.1 Å². The van der Waals surface area contributed by atoms with Gasteiger partial charge in [-0.1, -0.05) is 18.2 Å². The normalized spacial score (nSPS) is 12.9. The van der Waals surface area contributed by atoms with Gasteiger partial charge in [-0.2, -0.15) is 0 Å². The van der Waals surface area contributed by atoms with Crippen molar-refractivity contribution in [2.45, 2.75) is 38.5 Å². The first-order valence-electron chi connectivity index (χ1n) is 9.97. The minimum atomic E-state index is -0.151. The molecule has 1 aromatic carbocycles. The molecule has 0 atom stereocenters. The van der Waals surface area contributed by atoms with E-state index in [-0.39, 0.29) is 18.2 Å². The van der Waals surface area contributed by atoms with Crippen LogP contribution in [0.1, 0.15) is 45.6 Å². The van der Waals surface area contributed by atoms with E-state index in [1.807, 2.05) is 24.3 Å². The average molecular weight is 417 g/mol. The van der Waals surface area contributed by atoms with Crippen LogP contribution in [0.15, 0.2) is 24.3 Å². The summed E-state index contributed by atoms with van der Waals surface area (Å²) in [6.07, 6.45) is 4.99. The van der Waals surface area contributed by atoms with Crippen LogP contribution in [0.3, 0.4) is 0 Å². The van der Waals surface area contributed by atoms with Gasteiger partial charge in [0.15, 0.2) is 0 Å². The summed E-state index contributed by atoms with van der Waals surface area (Å²) in [6.45, 7) is 1.15. The molecule has 156 valence electrons. The molecular weight excluding hydrogens is 388 g/mol. The predicted octanol–water partition coefficient (Wildman–Crippen LogP) is 3.58. The molecule has 0 saturated heterocycles. The summed E-state index contributed by atoms with van der Waals surface area (Å²) in [6, 6.07) is 7.47. The van der Waals surface area contributed by atoms with E-state index in [4.69, 9.17) is 9.47 Å². The molecule has 1 aliphatic rings. The monoisotopic (exact) mass is 416 g/mol. The molecule has 1 heterocycles. The average Bonchev–Trinajstić information content (AvgIpc) is 3.09. The van der Waals surface area contributed by atoms with E-state index in [0.29, 0.717) is 29.5 Å². The number of hydrogen-bond acceptors (Lipinski definition) is 5. The summed E-state index contributed by atoms with van der Waals surface area (Å²) in [5, 5.41) is 6.61. The Morgan fingerprint density at radius 3 is 2.72 bits per heavy atom. The third-order valence-electron chi connectivity index (χ3n) is 5.01. The predicted molar refractivity (Wildman–Crippen MR) is 115 cm³/mol. The van der Waals surface area contributed by atoms with Crippen LogP contribution >= 0.6 is 11.3 Å². The largest absolute Gasteiger partial charge is 0.496 e. The molecular formula is C22H28N2O4S. The lowest BCUT2D eigenvalue weighted by molar-refractivity contribution is -0.115. The van der Waals surface area contributed by atoms with Crippen molar-refractivity contribution in [3.05, 3.63) is 45.8 Å². The fourth-order valence-electron chi connectivity index (χ4n) is 3.59. The Hall–Kier alpha value is -2.38. The van der Waals surface area contributed by atoms with Crippen molar-refractivity contribution in [3.63, 3.8) is 0 Å². The van der Waals surface area contributed by atoms with Crippen LogP contribution in [0, 0.1) is 0 Å². The number of carbonyl (C=O) groups is 2. The third kappa shape index (κ3) is 5.36. The van der Waals surface area contributed by atoms with Crippen molar-refractivity contribution in [3.8, 4) is 5.75 Å². The second-order valence-electron chi connectivity index (χ2n) is 7.05. The van der Waals surface area contributed by atoms with Crippen LogP contribution < -0.4 is 15.4 Å². The van der Waals surface area contributed by atoms with Crippen LogP contribution in [-0.4, -0.2) is 39.2 Å². The molecule has 0 radical (unpaired) electrons. The number of nitrogens with one attached hydrogen (secondary N) is 2. The van der Waals surface area contributed by atoms with Gasteiger partial charge in [0.25, 0.3) is 5.91 Å². The molecule has 0 spiro atoms. The number of aryl methyl sites for hydroxylation is 1. The summed E-state index contributed by atoms with van der Waals surface area (Å²) < 4.78 is 10.4. The lowest BCUT2D eigenvalue weighted by atomic mass is 9.95. The third-order valence-corrected chi connectivity index (χ3v) is 6.21. The van der Waals surface area contributed by atoms with Crippen molar-refractivity contribution < 1.29 is 19.1 Å². The summed E-state index contributed by atoms with van der Waals surface area (Å²) in [7, 11) is 3.24. The molecule has 7 heteroatoms. The van der Waals surface area contributed by atoms with Gasteiger partial charge in [0.2, 0.25) is 5.91 Å². The molecule has 29 heavy (non-hydrogen) atoms. The van der Waals surface area contributed by atoms with Gasteiger partial charge in [0, 0.05) is 30.7 Å². The highest BCUT2D eigenvalue weighted by atomic mass is 32.1. The maximum Gasteiger partial charge on any atom is 0.254 e. The van der Waals surface area contributed by atoms with Crippen molar-refractivity contribution in [1.29, 1.82) is 0 Å². The highest BCUT2D eigenvalue weighted by Crippen LogP contribution is 2.38. The second kappa shape index (κ2) is 10.4. The number of benzene rings is 1. The number of hydrogen-bond donors (Lipinski definition) is 2. The molecule has 0 fully saturated rings. The Labute approximate surface area is 175 Å². The van der Waals surface area contributed by atoms with Gasteiger partial charge in [-0.3, -0.25) is 9.59 Å². The Bertz CT molecular complexity index is 862. The van der Waals surface area contributed by atoms with E-state index in [0.717, 1.165) is 43.2 Å². The van der Waals surface area contributed by atoms with Crippen LogP contribution in [-0.2, 0) is 28.8 Å². The van der Waals surface area contributed by atoms with Crippen LogP contribution in [0.25, 0.3) is 0 Å². The molecule has 1 aliphatic carbocycles. The van der Waals surface area contributed by atoms with Crippen molar-refractivity contribution in [2.75, 3.05) is 32.7 Å². The van der Waals surface area contributed by atoms with E-state index >= 15 is 0 Å². The first kappa shape index (κ1) is 21.3. The van der Waals surface area contributed by atoms with Gasteiger partial charge in [0.1, 0.15) is 10.8 Å². The number of methoxy groups -OCH3 is 2. The van der Waals surface area contributed by atoms with Crippen molar-refractivity contribution in [1.82, 2.24) is 5.32 Å². The minimum absolute atomic E-state index is 0.118. The Morgan fingerprint density at radius 2 is 1.93 bits per heavy atom. The quantitative estimate of drug-likeness (QED) is 0.613. The van der Waals surface area contributed by atoms with Crippen molar-refractivity contribution in [2.24, 2.45) is 0 Å². The number of para-hydroxylation sites is 1. The minimum Gasteiger partial charge on any atom is -0.496 e. The topological polar surface area (TPSA) is 76.7 Å². The molecule has 0 unspecified atom stereocenters. The van der Waals surface area contributed by atoms with Crippen molar-refractivity contribution >= 4 is 28.2 Å². The Kier molecular flexibility index (Phi) is 7.66. The lowest BCUT2D eigenvalue weighted by Crippen LogP contribution is -2.27. The standard InChI is InChI=1S/C22H28N2O4S/c1-27-13-7-12-23-21(26)20-16-9-4-6-11-18(16)29-22(20)24-19(25)14-15-8-3-5-10-17(15)28-2/h3,5,8,10H,4,6-7,9,11-14H2,1-2H3,(H,23,26)(H,24,25). The maximum absolute atomic E-state index is 12.9. The number of fused-ring (bicyclic) bond motifs is 1. The van der Waals surface area contributed by atoms with Crippen LogP contribution in [0.4, 0.5) is 5.00 Å². The zero-order chi connectivity index (χ0) is 20.6. The fourth-order valence-corrected chi connectivity index (χ4v) is 4.90. The molecule has 1 aromatic heterocycles. The fraction of sp³-hybridized carbons (Fsp3) is 0.455. The van der Waals surface area contributed by atoms with Gasteiger partial charge in [-0.25, -0.2) is 0 Å². The maximum atomic E-state index is 12.9. The van der Waals surface area contributed by atoms with Gasteiger partial charge in [-0.05, 0) is 43.7 Å². The Balaban J connectivity index is 1.76. The van der Waals surface area contributed by atoms with Crippen LogP contribution in [0.2, 0.25) is 0 Å². The molecule has 3 rings (SSSR count). The van der Waals surface area contributed by atoms with Gasteiger partial charge in [-0.15, -0.1) is 11.3 Å². The summed E-state index contributed by atoms with van der Waals surface area (Å²) in [5.41, 5.74) is 2.55. The van der Waals surface area contributed by atoms with Gasteiger partial charge in [0.05, 0.1) is 19.1 Å². The highest BCUT2D eigenvalue weighted by molar-refractivity contribution is 7.17. The molecule has 0 aliphatic heterocycles. The summed E-state index contributed by atoms with van der Waals surface area (Å²) in [4.78, 5) is 26.8. The van der Waals surface area contributed by atoms with E-state index in [1.165, 1.54) is 16.2 Å². The molecule has 6 nitrogen and oxygen atoms in total. The lowest BCUT2D eigenvalue weighted by Gasteiger charge is -2.13. The molecule has 0 bridgehead atoms. The zero-order valence-corrected chi connectivity index (χ0v) is 17.8. The number of thiophene rings is 1. The van der Waals surface area contributed by atoms with Crippen LogP contribution in [0.5, 0.6) is 5.75 Å². The smallest absolute Gasteiger partial charge is 0.254 e. The number of carbonyl (C=O) groups excluding carboxylic acids is 2. The zero-order valence-electron chi connectivity index (χ0n) is 17.0. The summed E-state index contributed by atoms with van der Waals surface area (Å²) in [5.74, 6) is 0.416. The number of amides is 2. The molecule has 2 amide bonds. The van der Waals surface area contributed by atoms with E-state index in [9.17, 15) is 9.59 Å². The van der Waals surface area contributed by atoms with E-state index in [1.54, 1.807) is 14.2 Å². The Morgan fingerprint density at radius 1 is 1.14 bits per heavy atom. The van der Waals surface area contributed by atoms with E-state index < -0.39 is 0 Å². The number of anilines is 1. The first-order chi connectivity index (χ1) is 14.1. The second-order valence-corrected chi connectivity index (χ2v) is 8.16. The molecule has 2 aromatic rings. The number of ether oxygens (including phenoxy) is 2. The summed E-state index contributed by atoms with van der Waals surface area (Å²) >= 11 is 1.53. The highest BCUT2D eigenvalue weighted by Gasteiger charge is 2.26.